The second-order valence-corrected chi connectivity index (χ2v) is 5.51. The van der Waals surface area contributed by atoms with Gasteiger partial charge in [0.15, 0.2) is 0 Å². The van der Waals surface area contributed by atoms with Gasteiger partial charge in [0.25, 0.3) is 10.0 Å². The van der Waals surface area contributed by atoms with Crippen molar-refractivity contribution in [3.05, 3.63) is 42.5 Å². The number of pyridine rings is 1. The van der Waals surface area contributed by atoms with Crippen molar-refractivity contribution in [2.75, 3.05) is 11.8 Å². The van der Waals surface area contributed by atoms with Crippen molar-refractivity contribution in [2.45, 2.75) is 4.90 Å². The molecule has 106 valence electrons. The van der Waals surface area contributed by atoms with Gasteiger partial charge < -0.3 is 9.84 Å². The maximum Gasteiger partial charge on any atom is 0.263 e. The van der Waals surface area contributed by atoms with Crippen LogP contribution in [0.1, 0.15) is 0 Å². The number of aromatic nitrogens is 1. The summed E-state index contributed by atoms with van der Waals surface area (Å²) in [6, 6.07) is 4.89. The van der Waals surface area contributed by atoms with Gasteiger partial charge >= 0.3 is 0 Å². The van der Waals surface area contributed by atoms with E-state index >= 15 is 0 Å². The standard InChI is InChI=1S/C12H11FN2O4S/c1-19-9-2-3-11(12(16)5-9)15-20(17,18)10-4-8(13)6-14-7-10/h2-7,15-16H,1H3. The number of aromatic hydroxyl groups is 1. The average Bonchev–Trinajstić information content (AvgIpc) is 2.41. The van der Waals surface area contributed by atoms with Crippen LogP contribution in [-0.4, -0.2) is 25.6 Å². The Morgan fingerprint density at radius 1 is 1.30 bits per heavy atom. The summed E-state index contributed by atoms with van der Waals surface area (Å²) in [5.41, 5.74) is -0.0462. The Kier molecular flexibility index (Phi) is 3.75. The van der Waals surface area contributed by atoms with Gasteiger partial charge in [-0.15, -0.1) is 0 Å². The predicted molar refractivity (Wildman–Crippen MR) is 69.7 cm³/mol. The van der Waals surface area contributed by atoms with Gasteiger partial charge in [0.2, 0.25) is 0 Å². The topological polar surface area (TPSA) is 88.5 Å². The molecule has 1 aromatic carbocycles. The minimum atomic E-state index is -4.03. The largest absolute Gasteiger partial charge is 0.506 e. The summed E-state index contributed by atoms with van der Waals surface area (Å²) in [5.74, 6) is -0.706. The van der Waals surface area contributed by atoms with E-state index in [1.807, 2.05) is 0 Å². The smallest absolute Gasteiger partial charge is 0.263 e. The fraction of sp³-hybridized carbons (Fsp3) is 0.0833. The number of hydrogen-bond acceptors (Lipinski definition) is 5. The number of methoxy groups -OCH3 is 1. The maximum atomic E-state index is 13.0. The first kappa shape index (κ1) is 14.1. The number of phenols is 1. The molecule has 0 aliphatic rings. The molecule has 0 radical (unpaired) electrons. The highest BCUT2D eigenvalue weighted by Gasteiger charge is 2.17. The molecule has 2 rings (SSSR count). The molecule has 2 N–H and O–H groups in total. The van der Waals surface area contributed by atoms with Crippen LogP contribution < -0.4 is 9.46 Å². The molecule has 1 aromatic heterocycles. The van der Waals surface area contributed by atoms with E-state index in [-0.39, 0.29) is 16.3 Å². The zero-order valence-electron chi connectivity index (χ0n) is 10.4. The van der Waals surface area contributed by atoms with Crippen LogP contribution in [0.2, 0.25) is 0 Å². The lowest BCUT2D eigenvalue weighted by Crippen LogP contribution is -2.13. The highest BCUT2D eigenvalue weighted by Crippen LogP contribution is 2.29. The van der Waals surface area contributed by atoms with Crippen LogP contribution in [0.4, 0.5) is 10.1 Å². The minimum Gasteiger partial charge on any atom is -0.506 e. The van der Waals surface area contributed by atoms with E-state index < -0.39 is 15.8 Å². The lowest BCUT2D eigenvalue weighted by Gasteiger charge is -2.10. The van der Waals surface area contributed by atoms with E-state index in [0.29, 0.717) is 5.75 Å². The molecule has 0 aliphatic heterocycles. The van der Waals surface area contributed by atoms with Crippen LogP contribution in [0.15, 0.2) is 41.6 Å². The van der Waals surface area contributed by atoms with E-state index in [0.717, 1.165) is 18.5 Å². The molecule has 1 heterocycles. The van der Waals surface area contributed by atoms with E-state index in [4.69, 9.17) is 4.74 Å². The number of anilines is 1. The van der Waals surface area contributed by atoms with E-state index in [1.165, 1.54) is 25.3 Å². The van der Waals surface area contributed by atoms with Crippen LogP contribution in [-0.2, 0) is 10.0 Å². The molecule has 2 aromatic rings. The fourth-order valence-electron chi connectivity index (χ4n) is 1.47. The zero-order chi connectivity index (χ0) is 14.8. The number of ether oxygens (including phenoxy) is 1. The minimum absolute atomic E-state index is 0.0462. The van der Waals surface area contributed by atoms with Gasteiger partial charge in [-0.05, 0) is 18.2 Å². The van der Waals surface area contributed by atoms with Crippen LogP contribution in [0.25, 0.3) is 0 Å². The molecule has 0 amide bonds. The quantitative estimate of drug-likeness (QED) is 0.839. The third-order valence-electron chi connectivity index (χ3n) is 2.44. The van der Waals surface area contributed by atoms with Gasteiger partial charge in [0.1, 0.15) is 22.2 Å². The Labute approximate surface area is 114 Å². The molecular weight excluding hydrogens is 287 g/mol. The number of nitrogens with one attached hydrogen (secondary N) is 1. The number of phenolic OH excluding ortho intramolecular Hbond substituents is 1. The summed E-state index contributed by atoms with van der Waals surface area (Å²) in [6.45, 7) is 0. The van der Waals surface area contributed by atoms with E-state index in [9.17, 15) is 17.9 Å². The molecule has 0 saturated heterocycles. The summed E-state index contributed by atoms with van der Waals surface area (Å²) in [7, 11) is -2.62. The Morgan fingerprint density at radius 3 is 2.65 bits per heavy atom. The highest BCUT2D eigenvalue weighted by molar-refractivity contribution is 7.92. The predicted octanol–water partition coefficient (Wildman–Crippen LogP) is 1.74. The molecule has 0 atom stereocenters. The molecule has 0 unspecified atom stereocenters. The fourth-order valence-corrected chi connectivity index (χ4v) is 2.52. The lowest BCUT2D eigenvalue weighted by molar-refractivity contribution is 0.408. The van der Waals surface area contributed by atoms with Crippen molar-refractivity contribution >= 4 is 15.7 Å². The van der Waals surface area contributed by atoms with Crippen molar-refractivity contribution in [1.82, 2.24) is 4.98 Å². The van der Waals surface area contributed by atoms with Gasteiger partial charge in [-0.25, -0.2) is 12.8 Å². The molecular formula is C12H11FN2O4S. The summed E-state index contributed by atoms with van der Waals surface area (Å²) in [6.07, 6.45) is 1.90. The average molecular weight is 298 g/mol. The number of rotatable bonds is 4. The van der Waals surface area contributed by atoms with Crippen LogP contribution >= 0.6 is 0 Å². The Balaban J connectivity index is 2.33. The van der Waals surface area contributed by atoms with Gasteiger partial charge in [0, 0.05) is 12.3 Å². The first-order chi connectivity index (χ1) is 9.42. The summed E-state index contributed by atoms with van der Waals surface area (Å²) < 4.78 is 44.0. The molecule has 6 nitrogen and oxygen atoms in total. The van der Waals surface area contributed by atoms with Crippen molar-refractivity contribution in [3.8, 4) is 11.5 Å². The highest BCUT2D eigenvalue weighted by atomic mass is 32.2. The number of halogens is 1. The lowest BCUT2D eigenvalue weighted by atomic mass is 10.3. The molecule has 0 bridgehead atoms. The van der Waals surface area contributed by atoms with Gasteiger partial charge in [0.05, 0.1) is 19.0 Å². The molecule has 0 fully saturated rings. The van der Waals surface area contributed by atoms with Crippen molar-refractivity contribution in [1.29, 1.82) is 0 Å². The maximum absolute atomic E-state index is 13.0. The monoisotopic (exact) mass is 298 g/mol. The second-order valence-electron chi connectivity index (χ2n) is 3.83. The number of sulfonamides is 1. The molecule has 0 aliphatic carbocycles. The summed E-state index contributed by atoms with van der Waals surface area (Å²) >= 11 is 0. The molecule has 0 spiro atoms. The Hall–Kier alpha value is -2.35. The van der Waals surface area contributed by atoms with Gasteiger partial charge in [-0.3, -0.25) is 9.71 Å². The van der Waals surface area contributed by atoms with Gasteiger partial charge in [-0.1, -0.05) is 0 Å². The van der Waals surface area contributed by atoms with Crippen molar-refractivity contribution < 1.29 is 22.7 Å². The number of benzene rings is 1. The van der Waals surface area contributed by atoms with Crippen molar-refractivity contribution in [2.24, 2.45) is 0 Å². The van der Waals surface area contributed by atoms with Crippen molar-refractivity contribution in [3.63, 3.8) is 0 Å². The third kappa shape index (κ3) is 2.97. The number of hydrogen-bond donors (Lipinski definition) is 2. The Morgan fingerprint density at radius 2 is 2.05 bits per heavy atom. The van der Waals surface area contributed by atoms with E-state index in [1.54, 1.807) is 0 Å². The first-order valence-electron chi connectivity index (χ1n) is 5.43. The SMILES string of the molecule is COc1ccc(NS(=O)(=O)c2cncc(F)c2)c(O)c1. The van der Waals surface area contributed by atoms with Crippen LogP contribution in [0.3, 0.4) is 0 Å². The zero-order valence-corrected chi connectivity index (χ0v) is 11.2. The number of nitrogens with zero attached hydrogens (tertiary/aromatic N) is 1. The molecule has 0 saturated carbocycles. The second kappa shape index (κ2) is 5.33. The summed E-state index contributed by atoms with van der Waals surface area (Å²) in [5, 5.41) is 9.69. The van der Waals surface area contributed by atoms with Crippen LogP contribution in [0, 0.1) is 5.82 Å². The van der Waals surface area contributed by atoms with E-state index in [2.05, 4.69) is 9.71 Å². The third-order valence-corrected chi connectivity index (χ3v) is 3.77. The molecule has 8 heteroatoms. The van der Waals surface area contributed by atoms with Gasteiger partial charge in [-0.2, -0.15) is 0 Å². The van der Waals surface area contributed by atoms with Crippen LogP contribution in [0.5, 0.6) is 11.5 Å². The first-order valence-corrected chi connectivity index (χ1v) is 6.91. The normalized spacial score (nSPS) is 11.1. The summed E-state index contributed by atoms with van der Waals surface area (Å²) in [4.78, 5) is 3.13. The molecule has 20 heavy (non-hydrogen) atoms. The Bertz CT molecular complexity index is 734.